The van der Waals surface area contributed by atoms with Crippen LogP contribution >= 0.6 is 0 Å². The normalized spacial score (nSPS) is 18.5. The smallest absolute Gasteiger partial charge is 0.407 e. The van der Waals surface area contributed by atoms with Crippen LogP contribution in [0.3, 0.4) is 0 Å². The van der Waals surface area contributed by atoms with Crippen molar-refractivity contribution in [3.05, 3.63) is 35.4 Å². The van der Waals surface area contributed by atoms with E-state index in [1.165, 1.54) is 7.11 Å². The first-order valence-electron chi connectivity index (χ1n) is 10.2. The van der Waals surface area contributed by atoms with Crippen LogP contribution < -0.4 is 16.1 Å². The van der Waals surface area contributed by atoms with E-state index in [1.807, 2.05) is 19.1 Å². The number of benzene rings is 1. The Morgan fingerprint density at radius 2 is 2.06 bits per heavy atom. The van der Waals surface area contributed by atoms with Crippen molar-refractivity contribution in [3.63, 3.8) is 0 Å². The van der Waals surface area contributed by atoms with Gasteiger partial charge in [-0.3, -0.25) is 9.63 Å². The zero-order valence-electron chi connectivity index (χ0n) is 17.7. The van der Waals surface area contributed by atoms with E-state index < -0.39 is 18.1 Å². The molecule has 2 amide bonds. The van der Waals surface area contributed by atoms with Crippen LogP contribution in [-0.2, 0) is 23.9 Å². The lowest BCUT2D eigenvalue weighted by atomic mass is 10.00. The number of ether oxygens (including phenoxy) is 2. The van der Waals surface area contributed by atoms with Crippen molar-refractivity contribution in [3.8, 4) is 6.07 Å². The molecule has 0 aromatic heterocycles. The van der Waals surface area contributed by atoms with Crippen molar-refractivity contribution in [1.82, 2.24) is 16.1 Å². The Hall–Kier alpha value is -3.16. The van der Waals surface area contributed by atoms with Gasteiger partial charge >= 0.3 is 12.1 Å². The molecule has 0 spiro atoms. The molecule has 1 saturated heterocycles. The van der Waals surface area contributed by atoms with E-state index in [1.54, 1.807) is 12.1 Å². The first-order chi connectivity index (χ1) is 15.0. The number of methoxy groups -OCH3 is 1. The molecular weight excluding hydrogens is 404 g/mol. The number of carbonyl (C=O) groups is 3. The number of rotatable bonds is 10. The van der Waals surface area contributed by atoms with Gasteiger partial charge in [0.25, 0.3) is 0 Å². The summed E-state index contributed by atoms with van der Waals surface area (Å²) in [6.45, 7) is 2.08. The number of alkyl carbamates (subject to hydrolysis) is 1. The zero-order chi connectivity index (χ0) is 22.6. The van der Waals surface area contributed by atoms with Gasteiger partial charge < -0.3 is 20.1 Å². The van der Waals surface area contributed by atoms with Crippen LogP contribution in [0.25, 0.3) is 0 Å². The van der Waals surface area contributed by atoms with Gasteiger partial charge in [0.15, 0.2) is 0 Å². The van der Waals surface area contributed by atoms with E-state index >= 15 is 0 Å². The Balaban J connectivity index is 1.78. The molecule has 2 rings (SSSR count). The number of unbranched alkanes of at least 4 members (excludes halogenated alkanes) is 1. The summed E-state index contributed by atoms with van der Waals surface area (Å²) in [6.07, 6.45) is 1.13. The number of nitriles is 1. The van der Waals surface area contributed by atoms with E-state index in [9.17, 15) is 14.4 Å². The van der Waals surface area contributed by atoms with Crippen molar-refractivity contribution in [1.29, 1.82) is 5.26 Å². The van der Waals surface area contributed by atoms with Gasteiger partial charge in [-0.05, 0) is 30.5 Å². The van der Waals surface area contributed by atoms with E-state index in [2.05, 4.69) is 26.9 Å². The van der Waals surface area contributed by atoms with Crippen LogP contribution in [0, 0.1) is 11.3 Å². The number of hydroxylamine groups is 1. The molecule has 0 radical (unpaired) electrons. The SMILES string of the molecule is CCCCOC(=O)NC(CNC(=O)C[C@H]1C[C@@H](c2ccc(C#N)cc2)NO1)C(=O)OC. The highest BCUT2D eigenvalue weighted by molar-refractivity contribution is 5.83. The molecule has 1 fully saturated rings. The molecule has 0 bridgehead atoms. The third-order valence-corrected chi connectivity index (χ3v) is 4.74. The van der Waals surface area contributed by atoms with Gasteiger partial charge in [0.05, 0.1) is 43.9 Å². The minimum atomic E-state index is -1.06. The molecule has 3 N–H and O–H groups in total. The summed E-state index contributed by atoms with van der Waals surface area (Å²) in [5.74, 6) is -1.02. The van der Waals surface area contributed by atoms with Gasteiger partial charge in [-0.25, -0.2) is 9.59 Å². The van der Waals surface area contributed by atoms with E-state index in [0.29, 0.717) is 18.4 Å². The molecule has 1 aliphatic rings. The maximum absolute atomic E-state index is 12.3. The lowest BCUT2D eigenvalue weighted by molar-refractivity contribution is -0.143. The highest BCUT2D eigenvalue weighted by Crippen LogP contribution is 2.27. The first kappa shape index (κ1) is 24.1. The second-order valence-electron chi connectivity index (χ2n) is 7.10. The van der Waals surface area contributed by atoms with Gasteiger partial charge in [0.1, 0.15) is 6.04 Å². The molecule has 1 aliphatic heterocycles. The Kier molecular flexibility index (Phi) is 9.74. The molecule has 3 atom stereocenters. The van der Waals surface area contributed by atoms with Gasteiger partial charge in [-0.1, -0.05) is 25.5 Å². The molecule has 1 aromatic rings. The Bertz CT molecular complexity index is 792. The highest BCUT2D eigenvalue weighted by Gasteiger charge is 2.29. The van der Waals surface area contributed by atoms with Gasteiger partial charge in [-0.2, -0.15) is 10.7 Å². The fourth-order valence-corrected chi connectivity index (χ4v) is 2.98. The Labute approximate surface area is 181 Å². The summed E-state index contributed by atoms with van der Waals surface area (Å²) in [6, 6.07) is 8.06. The second kappa shape index (κ2) is 12.5. The standard InChI is InChI=1S/C21H28N4O6/c1-3-4-9-30-21(28)24-18(20(27)29-2)13-23-19(26)11-16-10-17(25-31-16)15-7-5-14(12-22)6-8-15/h5-8,16-18,25H,3-4,9-11,13H2,1-2H3,(H,23,26)(H,24,28)/t16-,17+,18?/m1/s1. The van der Waals surface area contributed by atoms with Gasteiger partial charge in [-0.15, -0.1) is 0 Å². The van der Waals surface area contributed by atoms with Crippen molar-refractivity contribution >= 4 is 18.0 Å². The quantitative estimate of drug-likeness (QED) is 0.373. The van der Waals surface area contributed by atoms with Gasteiger partial charge in [0.2, 0.25) is 5.91 Å². The third kappa shape index (κ3) is 7.88. The van der Waals surface area contributed by atoms with Crippen molar-refractivity contribution in [2.24, 2.45) is 0 Å². The summed E-state index contributed by atoms with van der Waals surface area (Å²) in [7, 11) is 1.20. The molecule has 1 aromatic carbocycles. The highest BCUT2D eigenvalue weighted by atomic mass is 16.7. The third-order valence-electron chi connectivity index (χ3n) is 4.74. The van der Waals surface area contributed by atoms with E-state index in [-0.39, 0.29) is 37.6 Å². The van der Waals surface area contributed by atoms with Crippen LogP contribution in [0.4, 0.5) is 4.79 Å². The van der Waals surface area contributed by atoms with Crippen molar-refractivity contribution in [2.45, 2.75) is 50.8 Å². The number of amides is 2. The lowest BCUT2D eigenvalue weighted by Crippen LogP contribution is -2.49. The zero-order valence-corrected chi connectivity index (χ0v) is 17.7. The number of nitrogens with one attached hydrogen (secondary N) is 3. The predicted molar refractivity (Wildman–Crippen MR) is 109 cm³/mol. The maximum Gasteiger partial charge on any atom is 0.407 e. The molecule has 0 saturated carbocycles. The lowest BCUT2D eigenvalue weighted by Gasteiger charge is -2.17. The van der Waals surface area contributed by atoms with Crippen LogP contribution in [0.1, 0.15) is 49.8 Å². The van der Waals surface area contributed by atoms with Crippen molar-refractivity contribution in [2.75, 3.05) is 20.3 Å². The van der Waals surface area contributed by atoms with Crippen molar-refractivity contribution < 1.29 is 28.7 Å². The minimum absolute atomic E-state index is 0.0780. The number of nitrogens with zero attached hydrogens (tertiary/aromatic N) is 1. The second-order valence-corrected chi connectivity index (χ2v) is 7.10. The monoisotopic (exact) mass is 432 g/mol. The molecular formula is C21H28N4O6. The molecule has 1 unspecified atom stereocenters. The maximum atomic E-state index is 12.3. The van der Waals surface area contributed by atoms with Crippen LogP contribution in [0.5, 0.6) is 0 Å². The molecule has 168 valence electrons. The first-order valence-corrected chi connectivity index (χ1v) is 10.2. The summed E-state index contributed by atoms with van der Waals surface area (Å²) < 4.78 is 9.64. The van der Waals surface area contributed by atoms with E-state index in [0.717, 1.165) is 12.0 Å². The summed E-state index contributed by atoms with van der Waals surface area (Å²) in [5, 5.41) is 13.9. The average Bonchev–Trinajstić information content (AvgIpc) is 3.24. The number of carbonyl (C=O) groups excluding carboxylic acids is 3. The number of hydrogen-bond acceptors (Lipinski definition) is 8. The van der Waals surface area contributed by atoms with Crippen LogP contribution in [0.15, 0.2) is 24.3 Å². The topological polar surface area (TPSA) is 139 Å². The summed E-state index contributed by atoms with van der Waals surface area (Å²) >= 11 is 0. The van der Waals surface area contributed by atoms with E-state index in [4.69, 9.17) is 14.8 Å². The Morgan fingerprint density at radius 3 is 2.71 bits per heavy atom. The molecule has 10 nitrogen and oxygen atoms in total. The minimum Gasteiger partial charge on any atom is -0.467 e. The Morgan fingerprint density at radius 1 is 1.32 bits per heavy atom. The number of esters is 1. The van der Waals surface area contributed by atoms with Gasteiger partial charge in [0, 0.05) is 6.54 Å². The average molecular weight is 432 g/mol. The summed E-state index contributed by atoms with van der Waals surface area (Å²) in [4.78, 5) is 41.4. The van der Waals surface area contributed by atoms with Crippen LogP contribution in [-0.4, -0.2) is 50.4 Å². The molecule has 31 heavy (non-hydrogen) atoms. The predicted octanol–water partition coefficient (Wildman–Crippen LogP) is 1.47. The van der Waals surface area contributed by atoms with Crippen LogP contribution in [0.2, 0.25) is 0 Å². The fraction of sp³-hybridized carbons (Fsp3) is 0.524. The largest absolute Gasteiger partial charge is 0.467 e. The number of hydrogen-bond donors (Lipinski definition) is 3. The molecule has 1 heterocycles. The fourth-order valence-electron chi connectivity index (χ4n) is 2.98. The molecule has 0 aliphatic carbocycles. The molecule has 10 heteroatoms. The summed E-state index contributed by atoms with van der Waals surface area (Å²) in [5.41, 5.74) is 4.43.